The molecule has 1 aromatic heterocycles. The Morgan fingerprint density at radius 1 is 1.23 bits per heavy atom. The lowest BCUT2D eigenvalue weighted by Crippen LogP contribution is -2.40. The number of guanidine groups is 1. The van der Waals surface area contributed by atoms with Gasteiger partial charge in [0.1, 0.15) is 5.75 Å². The molecule has 0 aliphatic rings. The number of rotatable bonds is 9. The first-order chi connectivity index (χ1) is 12.2. The molecule has 0 aliphatic carbocycles. The molecule has 1 unspecified atom stereocenters. The number of aliphatic imine (C=N–C) groups is 1. The summed E-state index contributed by atoms with van der Waals surface area (Å²) in [7, 11) is 3.53. The molecule has 1 aromatic carbocycles. The van der Waals surface area contributed by atoms with Crippen LogP contribution in [-0.4, -0.2) is 39.0 Å². The van der Waals surface area contributed by atoms with Gasteiger partial charge in [-0.15, -0.1) is 47.1 Å². The summed E-state index contributed by atoms with van der Waals surface area (Å²) < 4.78 is 5.40. The molecule has 1 heterocycles. The van der Waals surface area contributed by atoms with Gasteiger partial charge >= 0.3 is 0 Å². The summed E-state index contributed by atoms with van der Waals surface area (Å²) in [6, 6.07) is 12.4. The van der Waals surface area contributed by atoms with Crippen molar-refractivity contribution in [2.45, 2.75) is 18.2 Å². The molecule has 1 atom stereocenters. The van der Waals surface area contributed by atoms with Crippen LogP contribution >= 0.6 is 47.1 Å². The summed E-state index contributed by atoms with van der Waals surface area (Å²) in [4.78, 5) is 6.88. The van der Waals surface area contributed by atoms with Crippen LogP contribution in [0.1, 0.15) is 11.8 Å². The number of thioether (sulfide) groups is 1. The van der Waals surface area contributed by atoms with Crippen LogP contribution in [0.3, 0.4) is 0 Å². The molecule has 144 valence electrons. The molecule has 2 N–H and O–H groups in total. The van der Waals surface area contributed by atoms with Gasteiger partial charge in [0, 0.05) is 35.7 Å². The van der Waals surface area contributed by atoms with Gasteiger partial charge in [0.15, 0.2) is 5.96 Å². The van der Waals surface area contributed by atoms with E-state index < -0.39 is 0 Å². The lowest BCUT2D eigenvalue weighted by atomic mass is 10.2. The average molecular weight is 505 g/mol. The Bertz CT molecular complexity index is 650. The van der Waals surface area contributed by atoms with E-state index in [2.05, 4.69) is 46.1 Å². The molecule has 0 spiro atoms. The van der Waals surface area contributed by atoms with Gasteiger partial charge in [-0.05, 0) is 35.9 Å². The zero-order valence-corrected chi connectivity index (χ0v) is 19.5. The molecule has 0 fully saturated rings. The number of ether oxygens (including phenoxy) is 1. The molecule has 4 nitrogen and oxygen atoms in total. The maximum Gasteiger partial charge on any atom is 0.190 e. The smallest absolute Gasteiger partial charge is 0.190 e. The standard InChI is InChI=1S/C19H27N3OS2.HI/c1-15(14-25-18-9-5-4-8-17(18)23-3)13-22-19(20-2)21-11-10-16-7-6-12-24-16;/h4-9,12,15H,10-11,13-14H2,1-3H3,(H2,20,21,22);1H. The first-order valence-electron chi connectivity index (χ1n) is 8.45. The van der Waals surface area contributed by atoms with Crippen molar-refractivity contribution in [2.75, 3.05) is 33.0 Å². The summed E-state index contributed by atoms with van der Waals surface area (Å²) in [6.07, 6.45) is 1.03. The quantitative estimate of drug-likeness (QED) is 0.228. The largest absolute Gasteiger partial charge is 0.496 e. The Morgan fingerprint density at radius 2 is 2.04 bits per heavy atom. The minimum atomic E-state index is 0. The van der Waals surface area contributed by atoms with Crippen LogP contribution in [0.5, 0.6) is 5.75 Å². The molecule has 2 aromatic rings. The second-order valence-corrected chi connectivity index (χ2v) is 7.87. The van der Waals surface area contributed by atoms with Gasteiger partial charge in [-0.3, -0.25) is 4.99 Å². The summed E-state index contributed by atoms with van der Waals surface area (Å²) in [5, 5.41) is 8.90. The van der Waals surface area contributed by atoms with Crippen molar-refractivity contribution in [1.82, 2.24) is 10.6 Å². The maximum absolute atomic E-state index is 5.40. The molecule has 0 saturated heterocycles. The van der Waals surface area contributed by atoms with E-state index in [1.165, 1.54) is 9.77 Å². The van der Waals surface area contributed by atoms with Crippen molar-refractivity contribution in [3.8, 4) is 5.75 Å². The third-order valence-electron chi connectivity index (χ3n) is 3.68. The van der Waals surface area contributed by atoms with Crippen molar-refractivity contribution < 1.29 is 4.74 Å². The van der Waals surface area contributed by atoms with Crippen molar-refractivity contribution in [3.05, 3.63) is 46.7 Å². The van der Waals surface area contributed by atoms with Crippen LogP contribution in [0.4, 0.5) is 0 Å². The van der Waals surface area contributed by atoms with E-state index in [9.17, 15) is 0 Å². The number of nitrogens with zero attached hydrogens (tertiary/aromatic N) is 1. The number of nitrogens with one attached hydrogen (secondary N) is 2. The molecule has 0 radical (unpaired) electrons. The average Bonchev–Trinajstić information content (AvgIpc) is 3.16. The van der Waals surface area contributed by atoms with Crippen molar-refractivity contribution in [3.63, 3.8) is 0 Å². The zero-order valence-electron chi connectivity index (χ0n) is 15.5. The Morgan fingerprint density at radius 3 is 2.73 bits per heavy atom. The lowest BCUT2D eigenvalue weighted by molar-refractivity contribution is 0.405. The Balaban J connectivity index is 0.00000338. The van der Waals surface area contributed by atoms with Gasteiger partial charge in [-0.25, -0.2) is 0 Å². The number of hydrogen-bond acceptors (Lipinski definition) is 4. The highest BCUT2D eigenvalue weighted by Gasteiger charge is 2.08. The van der Waals surface area contributed by atoms with E-state index >= 15 is 0 Å². The fourth-order valence-corrected chi connectivity index (χ4v) is 4.04. The summed E-state index contributed by atoms with van der Waals surface area (Å²) in [5.74, 6) is 3.36. The fourth-order valence-electron chi connectivity index (χ4n) is 2.28. The van der Waals surface area contributed by atoms with E-state index in [-0.39, 0.29) is 24.0 Å². The van der Waals surface area contributed by atoms with Gasteiger partial charge in [-0.1, -0.05) is 25.1 Å². The highest BCUT2D eigenvalue weighted by Crippen LogP contribution is 2.29. The molecule has 0 aliphatic heterocycles. The number of methoxy groups -OCH3 is 1. The normalized spacial score (nSPS) is 12.2. The van der Waals surface area contributed by atoms with Gasteiger partial charge < -0.3 is 15.4 Å². The van der Waals surface area contributed by atoms with E-state index in [0.717, 1.165) is 37.0 Å². The second kappa shape index (κ2) is 13.3. The highest BCUT2D eigenvalue weighted by molar-refractivity contribution is 14.0. The van der Waals surface area contributed by atoms with Crippen molar-refractivity contribution in [1.29, 1.82) is 0 Å². The third-order valence-corrected chi connectivity index (χ3v) is 6.00. The van der Waals surface area contributed by atoms with Crippen LogP contribution in [0, 0.1) is 5.92 Å². The van der Waals surface area contributed by atoms with E-state index in [1.807, 2.05) is 37.0 Å². The maximum atomic E-state index is 5.40. The summed E-state index contributed by atoms with van der Waals surface area (Å²) in [5.41, 5.74) is 0. The van der Waals surface area contributed by atoms with Gasteiger partial charge in [0.2, 0.25) is 0 Å². The highest BCUT2D eigenvalue weighted by atomic mass is 127. The number of halogens is 1. The topological polar surface area (TPSA) is 45.7 Å². The van der Waals surface area contributed by atoms with Crippen molar-refractivity contribution in [2.24, 2.45) is 10.9 Å². The molecular weight excluding hydrogens is 477 g/mol. The Kier molecular flexibility index (Phi) is 11.8. The molecule has 0 saturated carbocycles. The molecule has 0 amide bonds. The third kappa shape index (κ3) is 8.18. The zero-order chi connectivity index (χ0) is 17.9. The molecule has 0 bridgehead atoms. The predicted octanol–water partition coefficient (Wildman–Crippen LogP) is 4.51. The number of para-hydroxylation sites is 1. The minimum Gasteiger partial charge on any atom is -0.496 e. The number of thiophene rings is 1. The van der Waals surface area contributed by atoms with Gasteiger partial charge in [-0.2, -0.15) is 0 Å². The van der Waals surface area contributed by atoms with Gasteiger partial charge in [0.25, 0.3) is 0 Å². The minimum absolute atomic E-state index is 0. The second-order valence-electron chi connectivity index (χ2n) is 5.78. The lowest BCUT2D eigenvalue weighted by Gasteiger charge is -2.16. The van der Waals surface area contributed by atoms with Crippen molar-refractivity contribution >= 4 is 53.0 Å². The van der Waals surface area contributed by atoms with E-state index in [1.54, 1.807) is 18.4 Å². The van der Waals surface area contributed by atoms with Crippen LogP contribution < -0.4 is 15.4 Å². The first kappa shape index (κ1) is 23.1. The molecule has 26 heavy (non-hydrogen) atoms. The summed E-state index contributed by atoms with van der Waals surface area (Å²) in [6.45, 7) is 4.03. The fraction of sp³-hybridized carbons (Fsp3) is 0.421. The van der Waals surface area contributed by atoms with E-state index in [4.69, 9.17) is 4.74 Å². The molecular formula is C19H28IN3OS2. The molecule has 2 rings (SSSR count). The number of hydrogen-bond donors (Lipinski definition) is 2. The number of benzene rings is 1. The SMILES string of the molecule is CN=C(NCCc1cccs1)NCC(C)CSc1ccccc1OC.I. The van der Waals surface area contributed by atoms with Crippen LogP contribution in [0.25, 0.3) is 0 Å². The van der Waals surface area contributed by atoms with Crippen LogP contribution in [-0.2, 0) is 6.42 Å². The van der Waals surface area contributed by atoms with Crippen LogP contribution in [0.15, 0.2) is 51.7 Å². The Hall–Kier alpha value is -0.930. The Labute approximate surface area is 182 Å². The van der Waals surface area contributed by atoms with Crippen LogP contribution in [0.2, 0.25) is 0 Å². The van der Waals surface area contributed by atoms with Gasteiger partial charge in [0.05, 0.1) is 7.11 Å². The first-order valence-corrected chi connectivity index (χ1v) is 10.3. The van der Waals surface area contributed by atoms with E-state index in [0.29, 0.717) is 5.92 Å². The predicted molar refractivity (Wildman–Crippen MR) is 126 cm³/mol. The summed E-state index contributed by atoms with van der Waals surface area (Å²) >= 11 is 3.63. The molecule has 7 heteroatoms. The monoisotopic (exact) mass is 505 g/mol.